The maximum atomic E-state index is 12.7. The second-order valence-electron chi connectivity index (χ2n) is 6.93. The van der Waals surface area contributed by atoms with Crippen LogP contribution in [0, 0.1) is 20.8 Å². The molecule has 0 saturated carbocycles. The fraction of sp³-hybridized carbons (Fsp3) is 0.611. The molecule has 1 fully saturated rings. The molecule has 0 spiro atoms. The van der Waals surface area contributed by atoms with E-state index >= 15 is 0 Å². The van der Waals surface area contributed by atoms with Gasteiger partial charge in [-0.05, 0) is 27.7 Å². The van der Waals surface area contributed by atoms with Crippen molar-refractivity contribution in [3.05, 3.63) is 23.1 Å². The summed E-state index contributed by atoms with van der Waals surface area (Å²) in [6.07, 6.45) is 0. The molecule has 0 amide bonds. The average Bonchev–Trinajstić information content (AvgIpc) is 2.99. The standard InChI is InChI=1S/C18H29N7O3S/c1-5-25-15(4)17(14(3)23-25)29(26,27)20-7-6-19-18-21-13(2)12-16(22-18)24-8-10-28-11-9-24/h12,20H,5-11H2,1-4H3,(H,19,21,22). The summed E-state index contributed by atoms with van der Waals surface area (Å²) in [5.41, 5.74) is 1.99. The first kappa shape index (κ1) is 21.5. The first-order valence-corrected chi connectivity index (χ1v) is 11.3. The smallest absolute Gasteiger partial charge is 0.244 e. The highest BCUT2D eigenvalue weighted by atomic mass is 32.2. The van der Waals surface area contributed by atoms with Gasteiger partial charge in [-0.3, -0.25) is 4.68 Å². The second kappa shape index (κ2) is 9.06. The highest BCUT2D eigenvalue weighted by Crippen LogP contribution is 2.19. The molecule has 0 atom stereocenters. The lowest BCUT2D eigenvalue weighted by Gasteiger charge is -2.28. The molecule has 2 aromatic heterocycles. The number of aryl methyl sites for hydroxylation is 3. The van der Waals surface area contributed by atoms with Gasteiger partial charge in [0.1, 0.15) is 10.7 Å². The van der Waals surface area contributed by atoms with Gasteiger partial charge in [0, 0.05) is 44.5 Å². The Morgan fingerprint density at radius 2 is 1.86 bits per heavy atom. The van der Waals surface area contributed by atoms with Crippen molar-refractivity contribution >= 4 is 21.8 Å². The van der Waals surface area contributed by atoms with Gasteiger partial charge in [-0.1, -0.05) is 0 Å². The van der Waals surface area contributed by atoms with Crippen LogP contribution in [0.25, 0.3) is 0 Å². The van der Waals surface area contributed by atoms with E-state index in [2.05, 4.69) is 30.0 Å². The van der Waals surface area contributed by atoms with E-state index in [9.17, 15) is 8.42 Å². The van der Waals surface area contributed by atoms with E-state index in [1.165, 1.54) is 0 Å². The molecule has 1 saturated heterocycles. The van der Waals surface area contributed by atoms with Gasteiger partial charge in [-0.2, -0.15) is 10.1 Å². The number of hydrogen-bond acceptors (Lipinski definition) is 8. The molecule has 160 valence electrons. The summed E-state index contributed by atoms with van der Waals surface area (Å²) in [4.78, 5) is 11.3. The van der Waals surface area contributed by atoms with Crippen LogP contribution in [0.1, 0.15) is 24.0 Å². The van der Waals surface area contributed by atoms with Crippen molar-refractivity contribution in [1.29, 1.82) is 0 Å². The van der Waals surface area contributed by atoms with E-state index < -0.39 is 10.0 Å². The summed E-state index contributed by atoms with van der Waals surface area (Å²) in [6, 6.07) is 1.94. The molecular weight excluding hydrogens is 394 g/mol. The molecule has 11 heteroatoms. The van der Waals surface area contributed by atoms with Gasteiger partial charge in [0.15, 0.2) is 0 Å². The Kier molecular flexibility index (Phi) is 6.70. The van der Waals surface area contributed by atoms with Crippen LogP contribution in [0.15, 0.2) is 11.0 Å². The molecule has 10 nitrogen and oxygen atoms in total. The number of hydrogen-bond donors (Lipinski definition) is 2. The van der Waals surface area contributed by atoms with E-state index in [0.29, 0.717) is 43.6 Å². The quantitative estimate of drug-likeness (QED) is 0.601. The fourth-order valence-electron chi connectivity index (χ4n) is 3.39. The van der Waals surface area contributed by atoms with Crippen molar-refractivity contribution < 1.29 is 13.2 Å². The predicted molar refractivity (Wildman–Crippen MR) is 111 cm³/mol. The molecule has 3 heterocycles. The molecule has 0 aliphatic carbocycles. The van der Waals surface area contributed by atoms with Crippen LogP contribution in [0.3, 0.4) is 0 Å². The molecule has 0 aromatic carbocycles. The lowest BCUT2D eigenvalue weighted by Crippen LogP contribution is -2.37. The third-order valence-electron chi connectivity index (χ3n) is 4.76. The fourth-order valence-corrected chi connectivity index (χ4v) is 4.83. The van der Waals surface area contributed by atoms with Crippen LogP contribution in [0.2, 0.25) is 0 Å². The highest BCUT2D eigenvalue weighted by Gasteiger charge is 2.23. The molecule has 1 aliphatic rings. The van der Waals surface area contributed by atoms with E-state index in [1.807, 2.05) is 19.9 Å². The van der Waals surface area contributed by atoms with Gasteiger partial charge in [0.25, 0.3) is 0 Å². The zero-order valence-electron chi connectivity index (χ0n) is 17.4. The molecule has 0 radical (unpaired) electrons. The number of aromatic nitrogens is 4. The number of ether oxygens (including phenoxy) is 1. The minimum atomic E-state index is -3.64. The maximum Gasteiger partial charge on any atom is 0.244 e. The molecule has 0 bridgehead atoms. The zero-order chi connectivity index (χ0) is 21.0. The van der Waals surface area contributed by atoms with E-state index in [1.54, 1.807) is 18.5 Å². The largest absolute Gasteiger partial charge is 0.378 e. The van der Waals surface area contributed by atoms with Gasteiger partial charge in [0.05, 0.1) is 24.6 Å². The Hall–Kier alpha value is -2.24. The van der Waals surface area contributed by atoms with Gasteiger partial charge in [-0.25, -0.2) is 18.1 Å². The Balaban J connectivity index is 1.60. The lowest BCUT2D eigenvalue weighted by molar-refractivity contribution is 0.122. The number of morpholine rings is 1. The van der Waals surface area contributed by atoms with E-state index in [-0.39, 0.29) is 11.4 Å². The van der Waals surface area contributed by atoms with Crippen LogP contribution in [-0.2, 0) is 21.3 Å². The number of nitrogens with zero attached hydrogens (tertiary/aromatic N) is 5. The molecular formula is C18H29N7O3S. The predicted octanol–water partition coefficient (Wildman–Crippen LogP) is 0.845. The first-order chi connectivity index (χ1) is 13.8. The van der Waals surface area contributed by atoms with E-state index in [0.717, 1.165) is 24.6 Å². The van der Waals surface area contributed by atoms with Crippen LogP contribution in [0.4, 0.5) is 11.8 Å². The Labute approximate surface area is 171 Å². The van der Waals surface area contributed by atoms with Crippen molar-refractivity contribution in [3.8, 4) is 0 Å². The zero-order valence-corrected chi connectivity index (χ0v) is 18.2. The number of nitrogens with one attached hydrogen (secondary N) is 2. The van der Waals surface area contributed by atoms with Crippen molar-refractivity contribution in [3.63, 3.8) is 0 Å². The van der Waals surface area contributed by atoms with Crippen LogP contribution in [-0.4, -0.2) is 67.6 Å². The Bertz CT molecular complexity index is 953. The van der Waals surface area contributed by atoms with Crippen molar-refractivity contribution in [1.82, 2.24) is 24.5 Å². The van der Waals surface area contributed by atoms with Gasteiger partial charge >= 0.3 is 0 Å². The molecule has 2 N–H and O–H groups in total. The minimum absolute atomic E-state index is 0.211. The summed E-state index contributed by atoms with van der Waals surface area (Å²) in [5.74, 6) is 1.33. The Morgan fingerprint density at radius 1 is 1.14 bits per heavy atom. The monoisotopic (exact) mass is 423 g/mol. The van der Waals surface area contributed by atoms with Gasteiger partial charge in [-0.15, -0.1) is 0 Å². The van der Waals surface area contributed by atoms with Crippen molar-refractivity contribution in [2.75, 3.05) is 49.6 Å². The number of sulfonamides is 1. The van der Waals surface area contributed by atoms with Crippen LogP contribution >= 0.6 is 0 Å². The topological polar surface area (TPSA) is 114 Å². The third-order valence-corrected chi connectivity index (χ3v) is 6.47. The Morgan fingerprint density at radius 3 is 2.52 bits per heavy atom. The highest BCUT2D eigenvalue weighted by molar-refractivity contribution is 7.89. The van der Waals surface area contributed by atoms with Crippen molar-refractivity contribution in [2.45, 2.75) is 39.1 Å². The molecule has 2 aromatic rings. The molecule has 1 aliphatic heterocycles. The third kappa shape index (κ3) is 5.03. The van der Waals surface area contributed by atoms with Crippen LogP contribution in [0.5, 0.6) is 0 Å². The summed E-state index contributed by atoms with van der Waals surface area (Å²) in [5, 5.41) is 7.39. The minimum Gasteiger partial charge on any atom is -0.378 e. The molecule has 0 unspecified atom stereocenters. The SMILES string of the molecule is CCn1nc(C)c(S(=O)(=O)NCCNc2nc(C)cc(N3CCOCC3)n2)c1C. The average molecular weight is 424 g/mol. The normalized spacial score (nSPS) is 15.0. The summed E-state index contributed by atoms with van der Waals surface area (Å²) < 4.78 is 35.1. The lowest BCUT2D eigenvalue weighted by atomic mass is 10.3. The van der Waals surface area contributed by atoms with E-state index in [4.69, 9.17) is 4.74 Å². The summed E-state index contributed by atoms with van der Waals surface area (Å²) in [6.45, 7) is 11.5. The van der Waals surface area contributed by atoms with Gasteiger partial charge in [0.2, 0.25) is 16.0 Å². The van der Waals surface area contributed by atoms with Crippen LogP contribution < -0.4 is 14.9 Å². The number of rotatable bonds is 8. The van der Waals surface area contributed by atoms with Gasteiger partial charge < -0.3 is 15.0 Å². The number of anilines is 2. The molecule has 3 rings (SSSR count). The summed E-state index contributed by atoms with van der Waals surface area (Å²) >= 11 is 0. The first-order valence-electron chi connectivity index (χ1n) is 9.77. The maximum absolute atomic E-state index is 12.7. The summed E-state index contributed by atoms with van der Waals surface area (Å²) in [7, 11) is -3.64. The van der Waals surface area contributed by atoms with Crippen molar-refractivity contribution in [2.24, 2.45) is 0 Å². The second-order valence-corrected chi connectivity index (χ2v) is 8.63. The molecule has 29 heavy (non-hydrogen) atoms.